The SMILES string of the molecule is CC1(C)c2ccccc2-c2ccc(-c3ccc(N(c4ccccc4)c4ccc5sc6c7c(ccc6c5c4)-c4ccccc4C7(C)C)cc3)cc21. The first-order valence-corrected chi connectivity index (χ1v) is 18.4. The molecule has 0 aliphatic heterocycles. The summed E-state index contributed by atoms with van der Waals surface area (Å²) in [4.78, 5) is 2.39. The van der Waals surface area contributed by atoms with E-state index in [2.05, 4.69) is 184 Å². The van der Waals surface area contributed by atoms with Gasteiger partial charge in [0.25, 0.3) is 0 Å². The van der Waals surface area contributed by atoms with E-state index in [1.807, 2.05) is 11.3 Å². The Kier molecular flexibility index (Phi) is 6.21. The van der Waals surface area contributed by atoms with Crippen LogP contribution in [0.4, 0.5) is 17.1 Å². The minimum absolute atomic E-state index is 0.0176. The Morgan fingerprint density at radius 1 is 0.420 bits per heavy atom. The highest BCUT2D eigenvalue weighted by atomic mass is 32.1. The van der Waals surface area contributed by atoms with E-state index >= 15 is 0 Å². The van der Waals surface area contributed by atoms with Crippen LogP contribution in [0.25, 0.3) is 53.6 Å². The molecule has 7 aromatic carbocycles. The lowest BCUT2D eigenvalue weighted by atomic mass is 9.81. The van der Waals surface area contributed by atoms with Crippen molar-refractivity contribution in [1.82, 2.24) is 0 Å². The number of fused-ring (bicyclic) bond motifs is 10. The lowest BCUT2D eigenvalue weighted by Crippen LogP contribution is -2.14. The molecule has 1 aromatic heterocycles. The lowest BCUT2D eigenvalue weighted by Gasteiger charge is -2.26. The molecule has 0 bridgehead atoms. The first-order valence-electron chi connectivity index (χ1n) is 17.6. The van der Waals surface area contributed by atoms with Gasteiger partial charge in [-0.3, -0.25) is 0 Å². The largest absolute Gasteiger partial charge is 0.310 e. The standard InChI is InChI=1S/C48H37NS/c1-47(2)41-16-10-8-14-35(41)37-24-20-31(28-43(37)47)30-18-21-33(22-19-30)49(32-12-6-5-7-13-32)34-23-27-44-40(29-34)39-26-25-38-36-15-9-11-17-42(36)48(3,4)45(38)46(39)50-44/h5-29H,1-4H3. The predicted octanol–water partition coefficient (Wildman–Crippen LogP) is 13.8. The van der Waals surface area contributed by atoms with Gasteiger partial charge >= 0.3 is 0 Å². The highest BCUT2D eigenvalue weighted by Gasteiger charge is 2.38. The maximum atomic E-state index is 2.41. The summed E-state index contributed by atoms with van der Waals surface area (Å²) < 4.78 is 2.74. The minimum Gasteiger partial charge on any atom is -0.310 e. The Morgan fingerprint density at radius 3 is 1.76 bits per heavy atom. The second kappa shape index (κ2) is 10.5. The van der Waals surface area contributed by atoms with Gasteiger partial charge in [0, 0.05) is 48.1 Å². The van der Waals surface area contributed by atoms with E-state index in [1.54, 1.807) is 0 Å². The quantitative estimate of drug-likeness (QED) is 0.182. The van der Waals surface area contributed by atoms with Crippen molar-refractivity contribution in [3.05, 3.63) is 174 Å². The van der Waals surface area contributed by atoms with E-state index in [9.17, 15) is 0 Å². The molecule has 10 rings (SSSR count). The van der Waals surface area contributed by atoms with Crippen LogP contribution in [0.2, 0.25) is 0 Å². The highest BCUT2D eigenvalue weighted by molar-refractivity contribution is 7.26. The molecule has 2 aliphatic carbocycles. The van der Waals surface area contributed by atoms with E-state index < -0.39 is 0 Å². The van der Waals surface area contributed by atoms with Crippen LogP contribution in [-0.2, 0) is 10.8 Å². The molecular weight excluding hydrogens is 623 g/mol. The molecule has 240 valence electrons. The summed E-state index contributed by atoms with van der Waals surface area (Å²) in [6, 6.07) is 56.4. The molecule has 8 aromatic rings. The highest BCUT2D eigenvalue weighted by Crippen LogP contribution is 2.54. The van der Waals surface area contributed by atoms with Crippen LogP contribution in [0.15, 0.2) is 152 Å². The van der Waals surface area contributed by atoms with Crippen molar-refractivity contribution in [2.45, 2.75) is 38.5 Å². The third kappa shape index (κ3) is 4.12. The molecule has 0 unspecified atom stereocenters. The third-order valence-corrected chi connectivity index (χ3v) is 12.7. The van der Waals surface area contributed by atoms with Gasteiger partial charge in [-0.15, -0.1) is 11.3 Å². The molecule has 2 aliphatic rings. The molecule has 0 spiro atoms. The second-order valence-electron chi connectivity index (χ2n) is 15.0. The zero-order valence-corrected chi connectivity index (χ0v) is 29.6. The van der Waals surface area contributed by atoms with Crippen LogP contribution in [0.1, 0.15) is 49.9 Å². The number of hydrogen-bond donors (Lipinski definition) is 0. The van der Waals surface area contributed by atoms with Crippen molar-refractivity contribution >= 4 is 48.6 Å². The Balaban J connectivity index is 1.06. The molecule has 0 radical (unpaired) electrons. The summed E-state index contributed by atoms with van der Waals surface area (Å²) in [6.45, 7) is 9.47. The van der Waals surface area contributed by atoms with Crippen LogP contribution in [0, 0.1) is 0 Å². The van der Waals surface area contributed by atoms with E-state index in [4.69, 9.17) is 0 Å². The summed E-state index contributed by atoms with van der Waals surface area (Å²) in [7, 11) is 0. The lowest BCUT2D eigenvalue weighted by molar-refractivity contribution is 0.660. The second-order valence-corrected chi connectivity index (χ2v) is 16.0. The molecule has 0 saturated carbocycles. The van der Waals surface area contributed by atoms with E-state index in [1.165, 1.54) is 75.8 Å². The van der Waals surface area contributed by atoms with Crippen LogP contribution >= 0.6 is 11.3 Å². The Labute approximate surface area is 298 Å². The topological polar surface area (TPSA) is 3.24 Å². The zero-order valence-electron chi connectivity index (χ0n) is 28.8. The van der Waals surface area contributed by atoms with Gasteiger partial charge in [-0.2, -0.15) is 0 Å². The van der Waals surface area contributed by atoms with Crippen molar-refractivity contribution in [3.8, 4) is 33.4 Å². The van der Waals surface area contributed by atoms with E-state index in [-0.39, 0.29) is 10.8 Å². The van der Waals surface area contributed by atoms with Crippen LogP contribution in [0.5, 0.6) is 0 Å². The Bertz CT molecular complexity index is 2640. The fourth-order valence-corrected chi connectivity index (χ4v) is 10.3. The van der Waals surface area contributed by atoms with Gasteiger partial charge in [0.2, 0.25) is 0 Å². The first-order chi connectivity index (χ1) is 24.3. The summed E-state index contributed by atoms with van der Waals surface area (Å²) in [5, 5.41) is 2.66. The number of anilines is 3. The van der Waals surface area contributed by atoms with Gasteiger partial charge in [0.1, 0.15) is 0 Å². The molecule has 1 heterocycles. The van der Waals surface area contributed by atoms with Gasteiger partial charge in [0.15, 0.2) is 0 Å². The molecule has 0 saturated heterocycles. The molecule has 0 N–H and O–H groups in total. The van der Waals surface area contributed by atoms with Gasteiger partial charge in [-0.1, -0.05) is 131 Å². The average molecular weight is 660 g/mol. The van der Waals surface area contributed by atoms with Gasteiger partial charge in [-0.05, 0) is 104 Å². The first kappa shape index (κ1) is 29.5. The third-order valence-electron chi connectivity index (χ3n) is 11.5. The smallest absolute Gasteiger partial charge is 0.0468 e. The summed E-state index contributed by atoms with van der Waals surface area (Å²) >= 11 is 1.94. The van der Waals surface area contributed by atoms with Gasteiger partial charge < -0.3 is 4.90 Å². The van der Waals surface area contributed by atoms with Crippen molar-refractivity contribution in [3.63, 3.8) is 0 Å². The summed E-state index contributed by atoms with van der Waals surface area (Å²) in [5.74, 6) is 0. The molecular formula is C48H37NS. The normalized spacial score (nSPS) is 14.7. The fraction of sp³-hybridized carbons (Fsp3) is 0.125. The number of thiophene rings is 1. The molecule has 2 heteroatoms. The zero-order chi connectivity index (χ0) is 33.8. The monoisotopic (exact) mass is 659 g/mol. The van der Waals surface area contributed by atoms with Crippen LogP contribution < -0.4 is 4.90 Å². The number of hydrogen-bond acceptors (Lipinski definition) is 2. The minimum atomic E-state index is -0.0362. The number of rotatable bonds is 4. The predicted molar refractivity (Wildman–Crippen MR) is 215 cm³/mol. The van der Waals surface area contributed by atoms with Gasteiger partial charge in [-0.25, -0.2) is 0 Å². The average Bonchev–Trinajstić information content (AvgIpc) is 3.72. The van der Waals surface area contributed by atoms with Crippen molar-refractivity contribution in [1.29, 1.82) is 0 Å². The van der Waals surface area contributed by atoms with E-state index in [0.717, 1.165) is 17.1 Å². The van der Waals surface area contributed by atoms with Gasteiger partial charge in [0.05, 0.1) is 0 Å². The Hall–Kier alpha value is -5.44. The molecule has 1 nitrogen and oxygen atoms in total. The molecule has 0 fully saturated rings. The maximum absolute atomic E-state index is 2.41. The van der Waals surface area contributed by atoms with Crippen molar-refractivity contribution < 1.29 is 0 Å². The number of para-hydroxylation sites is 1. The van der Waals surface area contributed by atoms with E-state index in [0.29, 0.717) is 0 Å². The summed E-state index contributed by atoms with van der Waals surface area (Å²) in [6.07, 6.45) is 0. The molecule has 0 atom stereocenters. The summed E-state index contributed by atoms with van der Waals surface area (Å²) in [5.41, 5.74) is 17.1. The molecule has 50 heavy (non-hydrogen) atoms. The number of benzene rings is 7. The van der Waals surface area contributed by atoms with Crippen molar-refractivity contribution in [2.24, 2.45) is 0 Å². The maximum Gasteiger partial charge on any atom is 0.0468 e. The van der Waals surface area contributed by atoms with Crippen molar-refractivity contribution in [2.75, 3.05) is 4.90 Å². The number of nitrogens with zero attached hydrogens (tertiary/aromatic N) is 1. The Morgan fingerprint density at radius 2 is 1.00 bits per heavy atom. The van der Waals surface area contributed by atoms with Crippen LogP contribution in [0.3, 0.4) is 0 Å². The fourth-order valence-electron chi connectivity index (χ4n) is 8.92. The molecule has 0 amide bonds. The van der Waals surface area contributed by atoms with Crippen LogP contribution in [-0.4, -0.2) is 0 Å².